The Bertz CT molecular complexity index is 421. The standard InChI is InChI=1S/C15H21NO2/c1-4-16(9-15(3)10-18-11-15)14(17)13-7-5-12(2)6-8-13/h5-8H,4,9-11H2,1-3H3. The Morgan fingerprint density at radius 2 is 1.94 bits per heavy atom. The summed E-state index contributed by atoms with van der Waals surface area (Å²) < 4.78 is 5.25. The van der Waals surface area contributed by atoms with Gasteiger partial charge in [0.05, 0.1) is 13.2 Å². The number of hydrogen-bond donors (Lipinski definition) is 0. The zero-order valence-corrected chi connectivity index (χ0v) is 11.4. The summed E-state index contributed by atoms with van der Waals surface area (Å²) in [5.74, 6) is 0.116. The Morgan fingerprint density at radius 1 is 1.33 bits per heavy atom. The summed E-state index contributed by atoms with van der Waals surface area (Å²) in [7, 11) is 0. The number of amides is 1. The third kappa shape index (κ3) is 2.72. The van der Waals surface area contributed by atoms with Gasteiger partial charge in [0.2, 0.25) is 0 Å². The Morgan fingerprint density at radius 3 is 2.39 bits per heavy atom. The third-order valence-electron chi connectivity index (χ3n) is 3.44. The van der Waals surface area contributed by atoms with E-state index in [2.05, 4.69) is 6.92 Å². The molecule has 3 heteroatoms. The Labute approximate surface area is 109 Å². The third-order valence-corrected chi connectivity index (χ3v) is 3.44. The number of rotatable bonds is 4. The van der Waals surface area contributed by atoms with Crippen LogP contribution >= 0.6 is 0 Å². The molecule has 1 aromatic rings. The van der Waals surface area contributed by atoms with Crippen molar-refractivity contribution in [2.75, 3.05) is 26.3 Å². The van der Waals surface area contributed by atoms with Crippen LogP contribution in [0, 0.1) is 12.3 Å². The van der Waals surface area contributed by atoms with Crippen LogP contribution in [-0.4, -0.2) is 37.1 Å². The van der Waals surface area contributed by atoms with E-state index < -0.39 is 0 Å². The van der Waals surface area contributed by atoms with Gasteiger partial charge in [-0.15, -0.1) is 0 Å². The second-order valence-electron chi connectivity index (χ2n) is 5.49. The molecular formula is C15H21NO2. The molecule has 0 radical (unpaired) electrons. The van der Waals surface area contributed by atoms with Crippen LogP contribution in [0.2, 0.25) is 0 Å². The molecule has 0 saturated carbocycles. The number of aryl methyl sites for hydroxylation is 1. The van der Waals surface area contributed by atoms with Gasteiger partial charge in [-0.3, -0.25) is 4.79 Å². The Balaban J connectivity index is 2.07. The Hall–Kier alpha value is -1.35. The summed E-state index contributed by atoms with van der Waals surface area (Å²) in [4.78, 5) is 14.3. The molecule has 0 aliphatic carbocycles. The number of carbonyl (C=O) groups is 1. The van der Waals surface area contributed by atoms with E-state index in [4.69, 9.17) is 4.74 Å². The maximum absolute atomic E-state index is 12.4. The first-order chi connectivity index (χ1) is 8.54. The van der Waals surface area contributed by atoms with Crippen molar-refractivity contribution in [1.82, 2.24) is 4.90 Å². The summed E-state index contributed by atoms with van der Waals surface area (Å²) in [6.07, 6.45) is 0. The van der Waals surface area contributed by atoms with Gasteiger partial charge >= 0.3 is 0 Å². The average Bonchev–Trinajstić information content (AvgIpc) is 2.34. The number of hydrogen-bond acceptors (Lipinski definition) is 2. The average molecular weight is 247 g/mol. The molecule has 0 atom stereocenters. The molecule has 0 N–H and O–H groups in total. The lowest BCUT2D eigenvalue weighted by Crippen LogP contribution is -2.50. The van der Waals surface area contributed by atoms with Gasteiger partial charge in [0.15, 0.2) is 0 Å². The van der Waals surface area contributed by atoms with Crippen LogP contribution in [0.5, 0.6) is 0 Å². The van der Waals surface area contributed by atoms with E-state index in [9.17, 15) is 4.79 Å². The van der Waals surface area contributed by atoms with Crippen LogP contribution in [0.3, 0.4) is 0 Å². The van der Waals surface area contributed by atoms with Crippen LogP contribution in [0.1, 0.15) is 29.8 Å². The first-order valence-electron chi connectivity index (χ1n) is 6.48. The van der Waals surface area contributed by atoms with Crippen molar-refractivity contribution < 1.29 is 9.53 Å². The molecule has 1 aliphatic heterocycles. The molecular weight excluding hydrogens is 226 g/mol. The minimum Gasteiger partial charge on any atom is -0.380 e. The lowest BCUT2D eigenvalue weighted by Gasteiger charge is -2.41. The minimum absolute atomic E-state index is 0.116. The van der Waals surface area contributed by atoms with E-state index in [0.29, 0.717) is 0 Å². The maximum atomic E-state index is 12.4. The molecule has 0 spiro atoms. The van der Waals surface area contributed by atoms with Gasteiger partial charge in [-0.05, 0) is 26.0 Å². The molecule has 1 saturated heterocycles. The fourth-order valence-corrected chi connectivity index (χ4v) is 2.21. The lowest BCUT2D eigenvalue weighted by molar-refractivity contribution is -0.110. The van der Waals surface area contributed by atoms with E-state index in [1.54, 1.807) is 0 Å². The zero-order chi connectivity index (χ0) is 13.2. The molecule has 98 valence electrons. The summed E-state index contributed by atoms with van der Waals surface area (Å²) in [5, 5.41) is 0. The van der Waals surface area contributed by atoms with Gasteiger partial charge in [-0.25, -0.2) is 0 Å². The summed E-state index contributed by atoms with van der Waals surface area (Å²) in [6, 6.07) is 7.77. The topological polar surface area (TPSA) is 29.5 Å². The predicted molar refractivity (Wildman–Crippen MR) is 71.7 cm³/mol. The molecule has 18 heavy (non-hydrogen) atoms. The molecule has 1 heterocycles. The molecule has 1 aromatic carbocycles. The molecule has 3 nitrogen and oxygen atoms in total. The summed E-state index contributed by atoms with van der Waals surface area (Å²) in [5.41, 5.74) is 2.08. The van der Waals surface area contributed by atoms with Gasteiger partial charge in [0.25, 0.3) is 5.91 Å². The van der Waals surface area contributed by atoms with E-state index >= 15 is 0 Å². The SMILES string of the molecule is CCN(CC1(C)COC1)C(=O)c1ccc(C)cc1. The first-order valence-corrected chi connectivity index (χ1v) is 6.48. The highest BCUT2D eigenvalue weighted by atomic mass is 16.5. The van der Waals surface area contributed by atoms with Gasteiger partial charge in [0, 0.05) is 24.1 Å². The Kier molecular flexibility index (Phi) is 3.71. The lowest BCUT2D eigenvalue weighted by atomic mass is 9.88. The molecule has 0 bridgehead atoms. The number of nitrogens with zero attached hydrogens (tertiary/aromatic N) is 1. The fourth-order valence-electron chi connectivity index (χ4n) is 2.21. The van der Waals surface area contributed by atoms with E-state index in [0.717, 1.165) is 31.9 Å². The van der Waals surface area contributed by atoms with E-state index in [-0.39, 0.29) is 11.3 Å². The molecule has 1 fully saturated rings. The maximum Gasteiger partial charge on any atom is 0.253 e. The van der Waals surface area contributed by atoms with Crippen LogP contribution in [0.15, 0.2) is 24.3 Å². The molecule has 1 amide bonds. The number of carbonyl (C=O) groups excluding carboxylic acids is 1. The molecule has 2 rings (SSSR count). The van der Waals surface area contributed by atoms with Crippen molar-refractivity contribution in [2.45, 2.75) is 20.8 Å². The molecule has 0 aromatic heterocycles. The van der Waals surface area contributed by atoms with E-state index in [1.807, 2.05) is 43.0 Å². The summed E-state index contributed by atoms with van der Waals surface area (Å²) in [6.45, 7) is 9.24. The van der Waals surface area contributed by atoms with Crippen molar-refractivity contribution in [2.24, 2.45) is 5.41 Å². The van der Waals surface area contributed by atoms with Crippen molar-refractivity contribution in [1.29, 1.82) is 0 Å². The van der Waals surface area contributed by atoms with Gasteiger partial charge < -0.3 is 9.64 Å². The number of ether oxygens (including phenoxy) is 1. The normalized spacial score (nSPS) is 17.1. The highest BCUT2D eigenvalue weighted by Gasteiger charge is 2.36. The molecule has 0 unspecified atom stereocenters. The van der Waals surface area contributed by atoms with Crippen molar-refractivity contribution in [3.63, 3.8) is 0 Å². The predicted octanol–water partition coefficient (Wildman–Crippen LogP) is 2.49. The number of benzene rings is 1. The smallest absolute Gasteiger partial charge is 0.253 e. The highest BCUT2D eigenvalue weighted by molar-refractivity contribution is 5.94. The minimum atomic E-state index is 0.116. The van der Waals surface area contributed by atoms with Crippen LogP contribution in [-0.2, 0) is 4.74 Å². The fraction of sp³-hybridized carbons (Fsp3) is 0.533. The highest BCUT2D eigenvalue weighted by Crippen LogP contribution is 2.28. The summed E-state index contributed by atoms with van der Waals surface area (Å²) >= 11 is 0. The monoisotopic (exact) mass is 247 g/mol. The quantitative estimate of drug-likeness (QED) is 0.818. The van der Waals surface area contributed by atoms with Gasteiger partial charge in [-0.2, -0.15) is 0 Å². The van der Waals surface area contributed by atoms with Crippen molar-refractivity contribution in [3.8, 4) is 0 Å². The van der Waals surface area contributed by atoms with Gasteiger partial charge in [0.1, 0.15) is 0 Å². The van der Waals surface area contributed by atoms with Gasteiger partial charge in [-0.1, -0.05) is 24.6 Å². The molecule has 1 aliphatic rings. The largest absolute Gasteiger partial charge is 0.380 e. The first kappa shape index (κ1) is 13.1. The van der Waals surface area contributed by atoms with Crippen LogP contribution < -0.4 is 0 Å². The zero-order valence-electron chi connectivity index (χ0n) is 11.4. The van der Waals surface area contributed by atoms with Crippen LogP contribution in [0.25, 0.3) is 0 Å². The van der Waals surface area contributed by atoms with Crippen LogP contribution in [0.4, 0.5) is 0 Å². The van der Waals surface area contributed by atoms with Crippen molar-refractivity contribution >= 4 is 5.91 Å². The van der Waals surface area contributed by atoms with Crippen molar-refractivity contribution in [3.05, 3.63) is 35.4 Å². The second kappa shape index (κ2) is 5.11. The van der Waals surface area contributed by atoms with E-state index in [1.165, 1.54) is 5.56 Å². The second-order valence-corrected chi connectivity index (χ2v) is 5.49.